The maximum Gasteiger partial charge on any atom is 0.257 e. The topological polar surface area (TPSA) is 89.8 Å². The number of nitrogens with one attached hydrogen (secondary N) is 1. The molecule has 0 fully saturated rings. The summed E-state index contributed by atoms with van der Waals surface area (Å²) in [6, 6.07) is 7.62. The number of anilines is 1. The number of hydrogen-bond acceptors (Lipinski definition) is 5. The molecule has 7 heteroatoms. The summed E-state index contributed by atoms with van der Waals surface area (Å²) < 4.78 is 1.34. The minimum Gasteiger partial charge on any atom is -0.325 e. The number of benzene rings is 1. The Morgan fingerprint density at radius 2 is 1.89 bits per heavy atom. The van der Waals surface area contributed by atoms with Crippen molar-refractivity contribution in [3.05, 3.63) is 70.0 Å². The highest BCUT2D eigenvalue weighted by molar-refractivity contribution is 5.90. The standard InChI is InChI=1S/C20H21N5O2/c1-4-15-5-7-16(8-6-15)24-18(26)12-25-19(17-11-21-9-10-22-17)23-14(3)13(2)20(25)27/h5-11H,4,12H2,1-3H3,(H,24,26). The van der Waals surface area contributed by atoms with Gasteiger partial charge in [0.05, 0.1) is 6.20 Å². The molecule has 0 radical (unpaired) electrons. The van der Waals surface area contributed by atoms with E-state index >= 15 is 0 Å². The molecule has 138 valence electrons. The molecule has 1 amide bonds. The van der Waals surface area contributed by atoms with Crippen molar-refractivity contribution in [3.63, 3.8) is 0 Å². The number of aryl methyl sites for hydroxylation is 2. The number of aromatic nitrogens is 4. The largest absolute Gasteiger partial charge is 0.325 e. The lowest BCUT2D eigenvalue weighted by atomic mass is 10.1. The van der Waals surface area contributed by atoms with E-state index in [0.29, 0.717) is 28.5 Å². The van der Waals surface area contributed by atoms with Crippen molar-refractivity contribution in [1.29, 1.82) is 0 Å². The molecule has 0 unspecified atom stereocenters. The Bertz CT molecular complexity index is 1010. The summed E-state index contributed by atoms with van der Waals surface area (Å²) >= 11 is 0. The first-order chi connectivity index (χ1) is 13.0. The van der Waals surface area contributed by atoms with Gasteiger partial charge in [-0.05, 0) is 38.0 Å². The minimum atomic E-state index is -0.309. The van der Waals surface area contributed by atoms with Crippen molar-refractivity contribution in [2.45, 2.75) is 33.7 Å². The van der Waals surface area contributed by atoms with Crippen LogP contribution in [0.1, 0.15) is 23.7 Å². The van der Waals surface area contributed by atoms with Crippen molar-refractivity contribution in [1.82, 2.24) is 19.5 Å². The van der Waals surface area contributed by atoms with Crippen LogP contribution in [-0.2, 0) is 17.8 Å². The molecule has 0 aliphatic carbocycles. The summed E-state index contributed by atoms with van der Waals surface area (Å²) in [6.07, 6.45) is 5.52. The smallest absolute Gasteiger partial charge is 0.257 e. The van der Waals surface area contributed by atoms with Crippen molar-refractivity contribution in [2.75, 3.05) is 5.32 Å². The molecule has 1 aromatic carbocycles. The Labute approximate surface area is 157 Å². The number of carbonyl (C=O) groups excluding carboxylic acids is 1. The molecule has 0 saturated heterocycles. The first-order valence-electron chi connectivity index (χ1n) is 8.72. The van der Waals surface area contributed by atoms with Crippen molar-refractivity contribution in [3.8, 4) is 11.5 Å². The van der Waals surface area contributed by atoms with E-state index in [2.05, 4.69) is 27.2 Å². The summed E-state index contributed by atoms with van der Waals surface area (Å²) in [4.78, 5) is 38.0. The number of amides is 1. The van der Waals surface area contributed by atoms with Gasteiger partial charge in [-0.25, -0.2) is 9.97 Å². The zero-order valence-corrected chi connectivity index (χ0v) is 15.6. The summed E-state index contributed by atoms with van der Waals surface area (Å²) in [5.41, 5.74) is 3.16. The SMILES string of the molecule is CCc1ccc(NC(=O)Cn2c(-c3cnccn3)nc(C)c(C)c2=O)cc1. The molecule has 2 heterocycles. The summed E-state index contributed by atoms with van der Waals surface area (Å²) in [7, 11) is 0. The average molecular weight is 363 g/mol. The lowest BCUT2D eigenvalue weighted by molar-refractivity contribution is -0.116. The molecule has 27 heavy (non-hydrogen) atoms. The molecule has 0 bridgehead atoms. The van der Waals surface area contributed by atoms with Gasteiger partial charge in [-0.2, -0.15) is 0 Å². The maximum atomic E-state index is 12.7. The van der Waals surface area contributed by atoms with E-state index in [-0.39, 0.29) is 18.0 Å². The van der Waals surface area contributed by atoms with Gasteiger partial charge in [-0.3, -0.25) is 19.1 Å². The third-order valence-corrected chi connectivity index (χ3v) is 4.38. The fraction of sp³-hybridized carbons (Fsp3) is 0.250. The van der Waals surface area contributed by atoms with Crippen LogP contribution >= 0.6 is 0 Å². The third-order valence-electron chi connectivity index (χ3n) is 4.38. The van der Waals surface area contributed by atoms with Gasteiger partial charge in [-0.1, -0.05) is 19.1 Å². The van der Waals surface area contributed by atoms with Crippen molar-refractivity contribution in [2.24, 2.45) is 0 Å². The molecule has 7 nitrogen and oxygen atoms in total. The Morgan fingerprint density at radius 1 is 1.15 bits per heavy atom. The quantitative estimate of drug-likeness (QED) is 0.752. The second-order valence-electron chi connectivity index (χ2n) is 6.23. The van der Waals surface area contributed by atoms with Gasteiger partial charge in [0.2, 0.25) is 5.91 Å². The van der Waals surface area contributed by atoms with E-state index in [1.54, 1.807) is 20.0 Å². The second kappa shape index (κ2) is 7.90. The highest BCUT2D eigenvalue weighted by atomic mass is 16.2. The summed E-state index contributed by atoms with van der Waals surface area (Å²) in [5, 5.41) is 2.82. The Hall–Kier alpha value is -3.35. The van der Waals surface area contributed by atoms with Gasteiger partial charge < -0.3 is 5.32 Å². The normalized spacial score (nSPS) is 10.6. The number of rotatable bonds is 5. The molecule has 2 aromatic heterocycles. The number of hydrogen-bond donors (Lipinski definition) is 1. The average Bonchev–Trinajstić information content (AvgIpc) is 2.69. The summed E-state index contributed by atoms with van der Waals surface area (Å²) in [5.74, 6) is 0.0178. The molecule has 0 spiro atoms. The fourth-order valence-electron chi connectivity index (χ4n) is 2.68. The maximum absolute atomic E-state index is 12.7. The van der Waals surface area contributed by atoms with E-state index < -0.39 is 0 Å². The van der Waals surface area contributed by atoms with Crippen LogP contribution in [0, 0.1) is 13.8 Å². The van der Waals surface area contributed by atoms with Gasteiger partial charge in [0.15, 0.2) is 5.82 Å². The van der Waals surface area contributed by atoms with Gasteiger partial charge in [0, 0.05) is 29.3 Å². The van der Waals surface area contributed by atoms with Crippen LogP contribution in [0.3, 0.4) is 0 Å². The monoisotopic (exact) mass is 363 g/mol. The molecule has 3 aromatic rings. The van der Waals surface area contributed by atoms with E-state index in [1.807, 2.05) is 24.3 Å². The molecule has 1 N–H and O–H groups in total. The van der Waals surface area contributed by atoms with Crippen LogP contribution in [0.15, 0.2) is 47.7 Å². The van der Waals surface area contributed by atoms with Crippen LogP contribution in [0.4, 0.5) is 5.69 Å². The molecule has 0 aliphatic heterocycles. The lowest BCUT2D eigenvalue weighted by Crippen LogP contribution is -2.32. The molecule has 0 aliphatic rings. The molecular weight excluding hydrogens is 342 g/mol. The van der Waals surface area contributed by atoms with E-state index in [1.165, 1.54) is 22.5 Å². The first kappa shape index (κ1) is 18.4. The van der Waals surface area contributed by atoms with E-state index in [0.717, 1.165) is 6.42 Å². The predicted octanol–water partition coefficient (Wildman–Crippen LogP) is 2.52. The van der Waals surface area contributed by atoms with Crippen molar-refractivity contribution < 1.29 is 4.79 Å². The third kappa shape index (κ3) is 4.08. The van der Waals surface area contributed by atoms with E-state index in [9.17, 15) is 9.59 Å². The highest BCUT2D eigenvalue weighted by Crippen LogP contribution is 2.14. The van der Waals surface area contributed by atoms with Crippen LogP contribution in [0.5, 0.6) is 0 Å². The highest BCUT2D eigenvalue weighted by Gasteiger charge is 2.16. The number of nitrogens with zero attached hydrogens (tertiary/aromatic N) is 4. The van der Waals surface area contributed by atoms with Gasteiger partial charge in [0.1, 0.15) is 12.2 Å². The van der Waals surface area contributed by atoms with Crippen LogP contribution in [-0.4, -0.2) is 25.4 Å². The molecule has 0 saturated carbocycles. The van der Waals surface area contributed by atoms with Gasteiger partial charge in [-0.15, -0.1) is 0 Å². The van der Waals surface area contributed by atoms with Gasteiger partial charge in [0.25, 0.3) is 5.56 Å². The lowest BCUT2D eigenvalue weighted by Gasteiger charge is -2.14. The fourth-order valence-corrected chi connectivity index (χ4v) is 2.68. The minimum absolute atomic E-state index is 0.158. The Balaban J connectivity index is 1.92. The number of carbonyl (C=O) groups is 1. The van der Waals surface area contributed by atoms with Crippen LogP contribution < -0.4 is 10.9 Å². The Morgan fingerprint density at radius 3 is 2.52 bits per heavy atom. The Kier molecular flexibility index (Phi) is 5.40. The molecule has 0 atom stereocenters. The zero-order valence-electron chi connectivity index (χ0n) is 15.6. The first-order valence-corrected chi connectivity index (χ1v) is 8.72. The molecular formula is C20H21N5O2. The van der Waals surface area contributed by atoms with Crippen molar-refractivity contribution >= 4 is 11.6 Å². The van der Waals surface area contributed by atoms with Crippen LogP contribution in [0.2, 0.25) is 0 Å². The summed E-state index contributed by atoms with van der Waals surface area (Å²) in [6.45, 7) is 5.37. The predicted molar refractivity (Wildman–Crippen MR) is 103 cm³/mol. The van der Waals surface area contributed by atoms with Crippen LogP contribution in [0.25, 0.3) is 11.5 Å². The van der Waals surface area contributed by atoms with Gasteiger partial charge >= 0.3 is 0 Å². The zero-order chi connectivity index (χ0) is 19.4. The second-order valence-corrected chi connectivity index (χ2v) is 6.23. The molecule has 3 rings (SSSR count). The van der Waals surface area contributed by atoms with E-state index in [4.69, 9.17) is 0 Å².